The summed E-state index contributed by atoms with van der Waals surface area (Å²) in [4.78, 5) is 4.91. The van der Waals surface area contributed by atoms with Gasteiger partial charge in [-0.2, -0.15) is 0 Å². The fraction of sp³-hybridized carbons (Fsp3) is 1.00. The molecular formula is C11H22N2O. The zero-order valence-electron chi connectivity index (χ0n) is 9.58. The molecule has 0 spiro atoms. The Hall–Kier alpha value is -0.120. The van der Waals surface area contributed by atoms with Gasteiger partial charge in [0, 0.05) is 30.7 Å². The maximum Gasteiger partial charge on any atom is 0.0615 e. The van der Waals surface area contributed by atoms with Crippen LogP contribution in [0.15, 0.2) is 0 Å². The minimum absolute atomic E-state index is 0.165. The summed E-state index contributed by atoms with van der Waals surface area (Å²) in [5.41, 5.74) is 0.418. The molecule has 0 atom stereocenters. The van der Waals surface area contributed by atoms with E-state index in [9.17, 15) is 5.11 Å². The molecular weight excluding hydrogens is 176 g/mol. The zero-order valence-corrected chi connectivity index (χ0v) is 9.58. The van der Waals surface area contributed by atoms with Crippen LogP contribution in [0.3, 0.4) is 0 Å². The summed E-state index contributed by atoms with van der Waals surface area (Å²) in [5, 5.41) is 9.39. The van der Waals surface area contributed by atoms with Gasteiger partial charge in [-0.25, -0.2) is 0 Å². The van der Waals surface area contributed by atoms with Crippen LogP contribution < -0.4 is 0 Å². The normalized spacial score (nSPS) is 31.7. The average Bonchev–Trinajstić information content (AvgIpc) is 2.90. The first-order valence-electron chi connectivity index (χ1n) is 5.57. The lowest BCUT2D eigenvalue weighted by atomic mass is 9.98. The Morgan fingerprint density at radius 2 is 1.86 bits per heavy atom. The minimum atomic E-state index is 0.165. The molecule has 14 heavy (non-hydrogen) atoms. The number of piperazine rings is 1. The van der Waals surface area contributed by atoms with Crippen LogP contribution in [-0.2, 0) is 0 Å². The van der Waals surface area contributed by atoms with Crippen molar-refractivity contribution in [2.24, 2.45) is 0 Å². The van der Waals surface area contributed by atoms with E-state index in [1.807, 2.05) is 0 Å². The van der Waals surface area contributed by atoms with E-state index in [1.54, 1.807) is 0 Å². The van der Waals surface area contributed by atoms with E-state index < -0.39 is 0 Å². The second-order valence-corrected chi connectivity index (χ2v) is 5.54. The number of rotatable bonds is 2. The van der Waals surface area contributed by atoms with Gasteiger partial charge in [0.25, 0.3) is 0 Å². The Morgan fingerprint density at radius 3 is 2.29 bits per heavy atom. The van der Waals surface area contributed by atoms with Gasteiger partial charge in [-0.3, -0.25) is 9.80 Å². The summed E-state index contributed by atoms with van der Waals surface area (Å²) in [5.74, 6) is 0. The van der Waals surface area contributed by atoms with Gasteiger partial charge in [-0.05, 0) is 33.7 Å². The molecule has 3 nitrogen and oxygen atoms in total. The third kappa shape index (κ3) is 1.58. The molecule has 1 saturated heterocycles. The van der Waals surface area contributed by atoms with Crippen LogP contribution in [-0.4, -0.2) is 59.3 Å². The Balaban J connectivity index is 2.03. The van der Waals surface area contributed by atoms with E-state index in [2.05, 4.69) is 30.7 Å². The van der Waals surface area contributed by atoms with Gasteiger partial charge in [-0.15, -0.1) is 0 Å². The monoisotopic (exact) mass is 198 g/mol. The van der Waals surface area contributed by atoms with Crippen molar-refractivity contribution in [1.82, 2.24) is 9.80 Å². The smallest absolute Gasteiger partial charge is 0.0615 e. The third-order valence-electron chi connectivity index (χ3n) is 4.11. The fourth-order valence-corrected chi connectivity index (χ4v) is 2.36. The topological polar surface area (TPSA) is 26.7 Å². The van der Waals surface area contributed by atoms with Crippen LogP contribution in [0, 0.1) is 0 Å². The van der Waals surface area contributed by atoms with Crippen LogP contribution in [0.4, 0.5) is 0 Å². The third-order valence-corrected chi connectivity index (χ3v) is 4.11. The van der Waals surface area contributed by atoms with Gasteiger partial charge in [0.2, 0.25) is 0 Å². The predicted octanol–water partition coefficient (Wildman–Crippen LogP) is 0.537. The van der Waals surface area contributed by atoms with Gasteiger partial charge in [0.1, 0.15) is 0 Å². The predicted molar refractivity (Wildman–Crippen MR) is 57.3 cm³/mol. The highest BCUT2D eigenvalue weighted by Crippen LogP contribution is 2.43. The van der Waals surface area contributed by atoms with E-state index >= 15 is 0 Å². The summed E-state index contributed by atoms with van der Waals surface area (Å²) in [6.07, 6.45) is 2.37. The lowest BCUT2D eigenvalue weighted by Crippen LogP contribution is -2.61. The second kappa shape index (κ2) is 3.19. The van der Waals surface area contributed by atoms with E-state index in [1.165, 1.54) is 12.8 Å². The van der Waals surface area contributed by atoms with Crippen molar-refractivity contribution in [1.29, 1.82) is 0 Å². The van der Waals surface area contributed by atoms with Crippen molar-refractivity contribution in [3.63, 3.8) is 0 Å². The number of nitrogens with zero attached hydrogens (tertiary/aromatic N) is 2. The van der Waals surface area contributed by atoms with Crippen molar-refractivity contribution in [2.75, 3.05) is 33.3 Å². The first kappa shape index (κ1) is 10.4. The molecule has 1 saturated carbocycles. The van der Waals surface area contributed by atoms with Gasteiger partial charge < -0.3 is 5.11 Å². The SMILES string of the molecule is CN1CCN(C2(CO)CC2)CC1(C)C. The molecule has 82 valence electrons. The summed E-state index contributed by atoms with van der Waals surface area (Å²) < 4.78 is 0. The van der Waals surface area contributed by atoms with Crippen LogP contribution in [0.25, 0.3) is 0 Å². The van der Waals surface area contributed by atoms with Crippen molar-refractivity contribution < 1.29 is 5.11 Å². The molecule has 0 radical (unpaired) electrons. The van der Waals surface area contributed by atoms with Gasteiger partial charge in [0.05, 0.1) is 6.61 Å². The summed E-state index contributed by atoms with van der Waals surface area (Å²) in [7, 11) is 2.19. The van der Waals surface area contributed by atoms with Crippen LogP contribution in [0.2, 0.25) is 0 Å². The molecule has 0 aromatic rings. The van der Waals surface area contributed by atoms with Crippen molar-refractivity contribution >= 4 is 0 Å². The van der Waals surface area contributed by atoms with E-state index in [0.717, 1.165) is 19.6 Å². The fourth-order valence-electron chi connectivity index (χ4n) is 2.36. The molecule has 3 heteroatoms. The number of likely N-dealkylation sites (N-methyl/N-ethyl adjacent to an activating group) is 1. The first-order chi connectivity index (χ1) is 6.50. The molecule has 2 aliphatic rings. The quantitative estimate of drug-likeness (QED) is 0.701. The van der Waals surface area contributed by atoms with E-state index in [0.29, 0.717) is 6.61 Å². The Labute approximate surface area is 86.7 Å². The Morgan fingerprint density at radius 1 is 1.21 bits per heavy atom. The Bertz CT molecular complexity index is 223. The standard InChI is InChI=1S/C11H22N2O/c1-10(2)8-13(7-6-12(10)3)11(9-14)4-5-11/h14H,4-9H2,1-3H3. The number of aliphatic hydroxyl groups excluding tert-OH is 1. The number of aliphatic hydroxyl groups is 1. The largest absolute Gasteiger partial charge is 0.394 e. The van der Waals surface area contributed by atoms with E-state index in [4.69, 9.17) is 0 Å². The van der Waals surface area contributed by atoms with Crippen LogP contribution >= 0.6 is 0 Å². The molecule has 0 bridgehead atoms. The van der Waals surface area contributed by atoms with Crippen molar-refractivity contribution in [3.8, 4) is 0 Å². The van der Waals surface area contributed by atoms with Crippen LogP contribution in [0.1, 0.15) is 26.7 Å². The highest BCUT2D eigenvalue weighted by Gasteiger charge is 2.50. The van der Waals surface area contributed by atoms with Crippen molar-refractivity contribution in [3.05, 3.63) is 0 Å². The van der Waals surface area contributed by atoms with E-state index in [-0.39, 0.29) is 11.1 Å². The summed E-state index contributed by atoms with van der Waals surface area (Å²) in [6.45, 7) is 8.23. The summed E-state index contributed by atoms with van der Waals surface area (Å²) in [6, 6.07) is 0. The minimum Gasteiger partial charge on any atom is -0.394 e. The molecule has 1 N–H and O–H groups in total. The molecule has 1 heterocycles. The lowest BCUT2D eigenvalue weighted by molar-refractivity contribution is -0.00705. The lowest BCUT2D eigenvalue weighted by Gasteiger charge is -2.48. The van der Waals surface area contributed by atoms with Crippen molar-refractivity contribution in [2.45, 2.75) is 37.8 Å². The molecule has 1 aliphatic carbocycles. The first-order valence-corrected chi connectivity index (χ1v) is 5.57. The average molecular weight is 198 g/mol. The van der Waals surface area contributed by atoms with Gasteiger partial charge in [-0.1, -0.05) is 0 Å². The zero-order chi connectivity index (χ0) is 10.4. The number of hydrogen-bond donors (Lipinski definition) is 1. The highest BCUT2D eigenvalue weighted by atomic mass is 16.3. The maximum absolute atomic E-state index is 9.39. The van der Waals surface area contributed by atoms with Crippen LogP contribution in [0.5, 0.6) is 0 Å². The summed E-state index contributed by atoms with van der Waals surface area (Å²) >= 11 is 0. The molecule has 2 fully saturated rings. The Kier molecular flexibility index (Phi) is 2.37. The van der Waals surface area contributed by atoms with Gasteiger partial charge in [0.15, 0.2) is 0 Å². The maximum atomic E-state index is 9.39. The second-order valence-electron chi connectivity index (χ2n) is 5.54. The van der Waals surface area contributed by atoms with Gasteiger partial charge >= 0.3 is 0 Å². The highest BCUT2D eigenvalue weighted by molar-refractivity contribution is 5.06. The molecule has 0 amide bonds. The number of hydrogen-bond acceptors (Lipinski definition) is 3. The molecule has 0 aromatic heterocycles. The molecule has 0 unspecified atom stereocenters. The molecule has 0 aromatic carbocycles. The molecule has 1 aliphatic heterocycles. The molecule has 2 rings (SSSR count).